The van der Waals surface area contributed by atoms with E-state index in [9.17, 15) is 9.18 Å². The Morgan fingerprint density at radius 1 is 1.18 bits per heavy atom. The molecular weight excluding hydrogens is 377 g/mol. The van der Waals surface area contributed by atoms with Gasteiger partial charge in [-0.05, 0) is 43.7 Å². The van der Waals surface area contributed by atoms with E-state index in [0.717, 1.165) is 42.9 Å². The number of piperidine rings is 1. The first-order valence-electron chi connectivity index (χ1n) is 9.17. The van der Waals surface area contributed by atoms with E-state index in [1.54, 1.807) is 30.7 Å². The third-order valence-electron chi connectivity index (χ3n) is 4.78. The third kappa shape index (κ3) is 4.40. The van der Waals surface area contributed by atoms with Crippen molar-refractivity contribution in [2.45, 2.75) is 18.8 Å². The molecule has 1 unspecified atom stereocenters. The molecule has 3 aromatic rings. The zero-order valence-corrected chi connectivity index (χ0v) is 16.0. The quantitative estimate of drug-likeness (QED) is 0.713. The van der Waals surface area contributed by atoms with Gasteiger partial charge in [0.2, 0.25) is 5.91 Å². The number of likely N-dealkylation sites (tertiary alicyclic amines) is 1. The summed E-state index contributed by atoms with van der Waals surface area (Å²) in [4.78, 5) is 27.6. The number of rotatable bonds is 5. The Kier molecular flexibility index (Phi) is 5.68. The number of benzene rings is 1. The molecule has 1 saturated heterocycles. The molecule has 1 aromatic carbocycles. The molecule has 0 aliphatic carbocycles. The first kappa shape index (κ1) is 18.6. The monoisotopic (exact) mass is 397 g/mol. The maximum absolute atomic E-state index is 13.3. The van der Waals surface area contributed by atoms with Crippen LogP contribution in [0.1, 0.15) is 24.5 Å². The summed E-state index contributed by atoms with van der Waals surface area (Å²) in [6, 6.07) is 6.32. The van der Waals surface area contributed by atoms with E-state index in [1.165, 1.54) is 23.5 Å². The average Bonchev–Trinajstić information content (AvgIpc) is 3.22. The lowest BCUT2D eigenvalue weighted by Gasteiger charge is -2.32. The Bertz CT molecular complexity index is 932. The molecular formula is C20H20FN5OS. The molecule has 6 nitrogen and oxygen atoms in total. The van der Waals surface area contributed by atoms with Crippen LogP contribution in [0.25, 0.3) is 11.3 Å². The fourth-order valence-electron chi connectivity index (χ4n) is 3.55. The molecule has 1 fully saturated rings. The van der Waals surface area contributed by atoms with Gasteiger partial charge in [0.25, 0.3) is 0 Å². The summed E-state index contributed by atoms with van der Waals surface area (Å²) in [7, 11) is 0. The van der Waals surface area contributed by atoms with Crippen molar-refractivity contribution in [3.05, 3.63) is 59.7 Å². The Morgan fingerprint density at radius 3 is 2.79 bits per heavy atom. The zero-order chi connectivity index (χ0) is 19.3. The van der Waals surface area contributed by atoms with Crippen LogP contribution in [-0.4, -0.2) is 45.4 Å². The highest BCUT2D eigenvalue weighted by molar-refractivity contribution is 7.13. The van der Waals surface area contributed by atoms with Gasteiger partial charge in [-0.1, -0.05) is 0 Å². The van der Waals surface area contributed by atoms with Crippen LogP contribution < -0.4 is 5.32 Å². The summed E-state index contributed by atoms with van der Waals surface area (Å²) in [5.74, 6) is -0.159. The molecule has 0 radical (unpaired) electrons. The summed E-state index contributed by atoms with van der Waals surface area (Å²) in [5, 5.41) is 5.28. The number of hydrogen-bond acceptors (Lipinski definition) is 6. The molecule has 1 aliphatic heterocycles. The van der Waals surface area contributed by atoms with E-state index in [2.05, 4.69) is 25.2 Å². The first-order chi connectivity index (χ1) is 13.7. The van der Waals surface area contributed by atoms with Gasteiger partial charge in [0, 0.05) is 42.0 Å². The molecule has 1 N–H and O–H groups in total. The summed E-state index contributed by atoms with van der Waals surface area (Å²) in [6.07, 6.45) is 6.98. The Morgan fingerprint density at radius 2 is 2.00 bits per heavy atom. The maximum Gasteiger partial charge on any atom is 0.240 e. The second-order valence-electron chi connectivity index (χ2n) is 6.76. The highest BCUT2D eigenvalue weighted by Gasteiger charge is 2.26. The molecule has 0 bridgehead atoms. The Hall–Kier alpha value is -2.71. The molecule has 4 rings (SSSR count). The molecule has 0 spiro atoms. The fraction of sp³-hybridized carbons (Fsp3) is 0.300. The number of hydrogen-bond donors (Lipinski definition) is 1. The van der Waals surface area contributed by atoms with Crippen molar-refractivity contribution in [2.24, 2.45) is 0 Å². The topological polar surface area (TPSA) is 71.0 Å². The van der Waals surface area contributed by atoms with E-state index in [-0.39, 0.29) is 17.6 Å². The van der Waals surface area contributed by atoms with Crippen LogP contribution in [-0.2, 0) is 4.79 Å². The van der Waals surface area contributed by atoms with Crippen molar-refractivity contribution in [3.63, 3.8) is 0 Å². The largest absolute Gasteiger partial charge is 0.301 e. The third-order valence-corrected chi connectivity index (χ3v) is 5.47. The van der Waals surface area contributed by atoms with Crippen molar-refractivity contribution < 1.29 is 9.18 Å². The molecule has 144 valence electrons. The van der Waals surface area contributed by atoms with Crippen LogP contribution in [0.5, 0.6) is 0 Å². The lowest BCUT2D eigenvalue weighted by atomic mass is 9.91. The number of anilines is 1. The lowest BCUT2D eigenvalue weighted by Crippen LogP contribution is -2.40. The molecule has 1 atom stereocenters. The number of nitrogens with zero attached hydrogens (tertiary/aromatic N) is 4. The van der Waals surface area contributed by atoms with Gasteiger partial charge >= 0.3 is 0 Å². The first-order valence-corrected chi connectivity index (χ1v) is 10.1. The standard InChI is InChI=1S/C20H20FN5OS/c21-16-5-3-14(4-6-16)18-19(23-8-7-22-18)15-2-1-10-26(12-15)13-17(27)25-20-24-9-11-28-20/h3-9,11,15H,1-2,10,12-13H2,(H,24,25,27). The maximum atomic E-state index is 13.3. The summed E-state index contributed by atoms with van der Waals surface area (Å²) < 4.78 is 13.3. The van der Waals surface area contributed by atoms with E-state index in [4.69, 9.17) is 0 Å². The van der Waals surface area contributed by atoms with Crippen LogP contribution in [0.4, 0.5) is 9.52 Å². The molecule has 3 heterocycles. The number of amides is 1. The second kappa shape index (κ2) is 8.53. The van der Waals surface area contributed by atoms with Crippen molar-refractivity contribution >= 4 is 22.4 Å². The SMILES string of the molecule is O=C(CN1CCCC(c2nccnc2-c2ccc(F)cc2)C1)Nc1nccs1. The molecule has 1 aliphatic rings. The lowest BCUT2D eigenvalue weighted by molar-refractivity contribution is -0.117. The number of halogens is 1. The van der Waals surface area contributed by atoms with E-state index < -0.39 is 0 Å². The predicted octanol–water partition coefficient (Wildman–Crippen LogP) is 3.56. The van der Waals surface area contributed by atoms with E-state index in [1.807, 2.05) is 5.38 Å². The van der Waals surface area contributed by atoms with E-state index in [0.29, 0.717) is 11.7 Å². The Balaban J connectivity index is 1.47. The molecule has 0 saturated carbocycles. The van der Waals surface area contributed by atoms with Crippen molar-refractivity contribution in [3.8, 4) is 11.3 Å². The molecule has 1 amide bonds. The van der Waals surface area contributed by atoms with Gasteiger partial charge in [-0.25, -0.2) is 9.37 Å². The number of carbonyl (C=O) groups is 1. The normalized spacial score (nSPS) is 17.4. The number of thiazole rings is 1. The van der Waals surface area contributed by atoms with Crippen molar-refractivity contribution in [1.29, 1.82) is 0 Å². The molecule has 28 heavy (non-hydrogen) atoms. The van der Waals surface area contributed by atoms with Gasteiger partial charge in [-0.15, -0.1) is 11.3 Å². The smallest absolute Gasteiger partial charge is 0.240 e. The van der Waals surface area contributed by atoms with Crippen molar-refractivity contribution in [2.75, 3.05) is 25.0 Å². The fourth-order valence-corrected chi connectivity index (χ4v) is 4.09. The van der Waals surface area contributed by atoms with Crippen LogP contribution in [0.3, 0.4) is 0 Å². The van der Waals surface area contributed by atoms with Gasteiger partial charge in [0.15, 0.2) is 5.13 Å². The number of carbonyl (C=O) groups excluding carboxylic acids is 1. The molecule has 2 aromatic heterocycles. The van der Waals surface area contributed by atoms with Crippen molar-refractivity contribution in [1.82, 2.24) is 19.9 Å². The minimum absolute atomic E-state index is 0.0616. The van der Waals surface area contributed by atoms with Gasteiger partial charge < -0.3 is 5.32 Å². The minimum atomic E-state index is -0.274. The van der Waals surface area contributed by atoms with Crippen LogP contribution in [0.2, 0.25) is 0 Å². The molecule has 8 heteroatoms. The Labute approximate surface area is 166 Å². The van der Waals surface area contributed by atoms with Crippen LogP contribution in [0, 0.1) is 5.82 Å². The average molecular weight is 397 g/mol. The van der Waals surface area contributed by atoms with Crippen LogP contribution >= 0.6 is 11.3 Å². The highest BCUT2D eigenvalue weighted by Crippen LogP contribution is 2.31. The summed E-state index contributed by atoms with van der Waals surface area (Å²) >= 11 is 1.40. The van der Waals surface area contributed by atoms with Gasteiger partial charge in [-0.2, -0.15) is 0 Å². The van der Waals surface area contributed by atoms with Gasteiger partial charge in [-0.3, -0.25) is 19.7 Å². The minimum Gasteiger partial charge on any atom is -0.301 e. The number of aromatic nitrogens is 3. The van der Waals surface area contributed by atoms with Crippen LogP contribution in [0.15, 0.2) is 48.2 Å². The van der Waals surface area contributed by atoms with Gasteiger partial charge in [0.1, 0.15) is 5.82 Å². The predicted molar refractivity (Wildman–Crippen MR) is 107 cm³/mol. The van der Waals surface area contributed by atoms with E-state index >= 15 is 0 Å². The zero-order valence-electron chi connectivity index (χ0n) is 15.2. The number of nitrogens with one attached hydrogen (secondary N) is 1. The second-order valence-corrected chi connectivity index (χ2v) is 7.65. The summed E-state index contributed by atoms with van der Waals surface area (Å²) in [6.45, 7) is 1.92. The highest BCUT2D eigenvalue weighted by atomic mass is 32.1. The summed E-state index contributed by atoms with van der Waals surface area (Å²) in [5.41, 5.74) is 2.53. The van der Waals surface area contributed by atoms with Gasteiger partial charge in [0.05, 0.1) is 17.9 Å².